The predicted octanol–water partition coefficient (Wildman–Crippen LogP) is 7.32. The van der Waals surface area contributed by atoms with E-state index in [1.54, 1.807) is 27.7 Å². The Hall–Kier alpha value is -4.00. The standard InChI is InChI=1S/C31H35FN4O2/c1-5-6-7-12-19-35(31(38)34-27-16-11-9-14-25(27)32)23(4)29-33-26-15-10-8-13-24(26)30(37)36(29)28-18-17-21(2)20-22(28)3/h8-11,13-18,20,23H,5-7,12,19H2,1-4H3,(H,34,38). The molecule has 7 heteroatoms. The zero-order chi connectivity index (χ0) is 27.2. The summed E-state index contributed by atoms with van der Waals surface area (Å²) in [5, 5.41) is 3.24. The van der Waals surface area contributed by atoms with Crippen LogP contribution in [-0.4, -0.2) is 27.0 Å². The number of anilines is 1. The van der Waals surface area contributed by atoms with Gasteiger partial charge in [-0.25, -0.2) is 14.2 Å². The number of nitrogens with zero attached hydrogens (tertiary/aromatic N) is 3. The molecule has 0 radical (unpaired) electrons. The van der Waals surface area contributed by atoms with Gasteiger partial charge < -0.3 is 10.2 Å². The topological polar surface area (TPSA) is 67.2 Å². The van der Waals surface area contributed by atoms with E-state index in [0.717, 1.165) is 42.5 Å². The van der Waals surface area contributed by atoms with E-state index in [-0.39, 0.29) is 11.2 Å². The Morgan fingerprint density at radius 3 is 2.50 bits per heavy atom. The lowest BCUT2D eigenvalue weighted by atomic mass is 10.1. The molecule has 1 unspecified atom stereocenters. The highest BCUT2D eigenvalue weighted by Crippen LogP contribution is 2.26. The third-order valence-corrected chi connectivity index (χ3v) is 6.86. The third kappa shape index (κ3) is 5.77. The van der Waals surface area contributed by atoms with Crippen LogP contribution >= 0.6 is 0 Å². The molecule has 0 bridgehead atoms. The van der Waals surface area contributed by atoms with Gasteiger partial charge in [-0.05, 0) is 63.1 Å². The molecule has 0 spiro atoms. The zero-order valence-electron chi connectivity index (χ0n) is 22.5. The van der Waals surface area contributed by atoms with Crippen molar-refractivity contribution in [3.05, 3.63) is 99.9 Å². The SMILES string of the molecule is CCCCCCN(C(=O)Nc1ccccc1F)C(C)c1nc2ccccc2c(=O)n1-c1ccc(C)cc1C. The number of hydrogen-bond acceptors (Lipinski definition) is 3. The normalized spacial score (nSPS) is 11.9. The van der Waals surface area contributed by atoms with Crippen molar-refractivity contribution in [1.82, 2.24) is 14.5 Å². The van der Waals surface area contributed by atoms with E-state index >= 15 is 0 Å². The highest BCUT2D eigenvalue weighted by molar-refractivity contribution is 5.89. The summed E-state index contributed by atoms with van der Waals surface area (Å²) in [6.07, 6.45) is 3.86. The molecule has 1 aromatic heterocycles. The number of rotatable bonds is 9. The predicted molar refractivity (Wildman–Crippen MR) is 151 cm³/mol. The van der Waals surface area contributed by atoms with Gasteiger partial charge in [-0.2, -0.15) is 0 Å². The molecule has 0 saturated heterocycles. The van der Waals surface area contributed by atoms with Crippen molar-refractivity contribution in [2.45, 2.75) is 59.4 Å². The van der Waals surface area contributed by atoms with Gasteiger partial charge in [0, 0.05) is 6.54 Å². The molecule has 38 heavy (non-hydrogen) atoms. The Morgan fingerprint density at radius 1 is 1.03 bits per heavy atom. The third-order valence-electron chi connectivity index (χ3n) is 6.86. The second-order valence-corrected chi connectivity index (χ2v) is 9.76. The molecule has 198 valence electrons. The van der Waals surface area contributed by atoms with Crippen molar-refractivity contribution in [1.29, 1.82) is 0 Å². The first kappa shape index (κ1) is 27.0. The molecule has 1 N–H and O–H groups in total. The molecule has 0 fully saturated rings. The van der Waals surface area contributed by atoms with E-state index in [9.17, 15) is 14.0 Å². The van der Waals surface area contributed by atoms with Gasteiger partial charge in [0.05, 0.1) is 28.3 Å². The van der Waals surface area contributed by atoms with Crippen LogP contribution in [0.4, 0.5) is 14.9 Å². The lowest BCUT2D eigenvalue weighted by Crippen LogP contribution is -2.40. The van der Waals surface area contributed by atoms with Crippen molar-refractivity contribution < 1.29 is 9.18 Å². The molecule has 0 aliphatic carbocycles. The summed E-state index contributed by atoms with van der Waals surface area (Å²) in [5.41, 5.74) is 3.24. The van der Waals surface area contributed by atoms with Crippen molar-refractivity contribution >= 4 is 22.6 Å². The molecule has 0 saturated carbocycles. The van der Waals surface area contributed by atoms with Crippen LogP contribution < -0.4 is 10.9 Å². The number of carbonyl (C=O) groups excluding carboxylic acids is 1. The van der Waals surface area contributed by atoms with Gasteiger partial charge in [0.25, 0.3) is 5.56 Å². The number of halogens is 1. The molecular formula is C31H35FN4O2. The number of unbranched alkanes of at least 4 members (excludes halogenated alkanes) is 3. The number of urea groups is 1. The van der Waals surface area contributed by atoms with E-state index in [1.165, 1.54) is 12.1 Å². The fourth-order valence-corrected chi connectivity index (χ4v) is 4.79. The van der Waals surface area contributed by atoms with Crippen LogP contribution in [0.3, 0.4) is 0 Å². The largest absolute Gasteiger partial charge is 0.322 e. The van der Waals surface area contributed by atoms with Crippen molar-refractivity contribution in [2.75, 3.05) is 11.9 Å². The van der Waals surface area contributed by atoms with E-state index < -0.39 is 17.9 Å². The molecule has 3 aromatic carbocycles. The summed E-state index contributed by atoms with van der Waals surface area (Å²) >= 11 is 0. The molecule has 2 amide bonds. The molecule has 0 aliphatic rings. The minimum atomic E-state index is -0.568. The van der Waals surface area contributed by atoms with Crippen molar-refractivity contribution in [2.24, 2.45) is 0 Å². The van der Waals surface area contributed by atoms with Crippen LogP contribution in [-0.2, 0) is 0 Å². The number of hydrogen-bond donors (Lipinski definition) is 1. The number of para-hydroxylation sites is 2. The second kappa shape index (κ2) is 12.0. The fourth-order valence-electron chi connectivity index (χ4n) is 4.79. The van der Waals surface area contributed by atoms with Crippen LogP contribution in [0, 0.1) is 19.7 Å². The number of aromatic nitrogens is 2. The molecule has 1 atom stereocenters. The van der Waals surface area contributed by atoms with Gasteiger partial charge in [-0.3, -0.25) is 9.36 Å². The van der Waals surface area contributed by atoms with Gasteiger partial charge in [-0.15, -0.1) is 0 Å². The Balaban J connectivity index is 1.83. The van der Waals surface area contributed by atoms with Gasteiger partial charge in [0.1, 0.15) is 11.6 Å². The van der Waals surface area contributed by atoms with Crippen LogP contribution in [0.25, 0.3) is 16.6 Å². The summed E-state index contributed by atoms with van der Waals surface area (Å²) in [5.74, 6) is -0.0460. The summed E-state index contributed by atoms with van der Waals surface area (Å²) in [6.45, 7) is 8.42. The molecule has 1 heterocycles. The maximum absolute atomic E-state index is 14.4. The Bertz CT molecular complexity index is 1500. The summed E-state index contributed by atoms with van der Waals surface area (Å²) in [4.78, 5) is 34.0. The molecule has 4 rings (SSSR count). The fraction of sp³-hybridized carbons (Fsp3) is 0.323. The van der Waals surface area contributed by atoms with Crippen LogP contribution in [0.15, 0.2) is 71.5 Å². The van der Waals surface area contributed by atoms with E-state index in [0.29, 0.717) is 23.3 Å². The molecular weight excluding hydrogens is 479 g/mol. The average molecular weight is 515 g/mol. The number of aryl methyl sites for hydroxylation is 2. The lowest BCUT2D eigenvalue weighted by molar-refractivity contribution is 0.187. The highest BCUT2D eigenvalue weighted by Gasteiger charge is 2.27. The minimum Gasteiger partial charge on any atom is -0.315 e. The Kier molecular flexibility index (Phi) is 8.56. The van der Waals surface area contributed by atoms with Gasteiger partial charge in [0.2, 0.25) is 0 Å². The van der Waals surface area contributed by atoms with E-state index in [2.05, 4.69) is 12.2 Å². The number of benzene rings is 3. The molecule has 6 nitrogen and oxygen atoms in total. The maximum atomic E-state index is 14.4. The summed E-state index contributed by atoms with van der Waals surface area (Å²) < 4.78 is 16.0. The first-order chi connectivity index (χ1) is 18.3. The van der Waals surface area contributed by atoms with E-state index in [4.69, 9.17) is 4.98 Å². The van der Waals surface area contributed by atoms with Gasteiger partial charge >= 0.3 is 6.03 Å². The monoisotopic (exact) mass is 514 g/mol. The molecule has 0 aliphatic heterocycles. The minimum absolute atomic E-state index is 0.112. The number of amides is 2. The number of fused-ring (bicyclic) bond motifs is 1. The lowest BCUT2D eigenvalue weighted by Gasteiger charge is -2.31. The van der Waals surface area contributed by atoms with Crippen molar-refractivity contribution in [3.63, 3.8) is 0 Å². The Labute approximate surface area is 223 Å². The van der Waals surface area contributed by atoms with Crippen LogP contribution in [0.5, 0.6) is 0 Å². The molecule has 4 aromatic rings. The highest BCUT2D eigenvalue weighted by atomic mass is 19.1. The first-order valence-electron chi connectivity index (χ1n) is 13.2. The van der Waals surface area contributed by atoms with Gasteiger partial charge in [0.15, 0.2) is 0 Å². The van der Waals surface area contributed by atoms with E-state index in [1.807, 2.05) is 57.2 Å². The first-order valence-corrected chi connectivity index (χ1v) is 13.2. The maximum Gasteiger partial charge on any atom is 0.322 e. The second-order valence-electron chi connectivity index (χ2n) is 9.76. The smallest absolute Gasteiger partial charge is 0.315 e. The van der Waals surface area contributed by atoms with Gasteiger partial charge in [-0.1, -0.05) is 68.1 Å². The quantitative estimate of drug-likeness (QED) is 0.238. The summed E-state index contributed by atoms with van der Waals surface area (Å²) in [6, 6.07) is 18.3. The zero-order valence-corrected chi connectivity index (χ0v) is 22.5. The average Bonchev–Trinajstić information content (AvgIpc) is 2.90. The van der Waals surface area contributed by atoms with Crippen molar-refractivity contribution in [3.8, 4) is 5.69 Å². The number of nitrogens with one attached hydrogen (secondary N) is 1. The Morgan fingerprint density at radius 2 is 1.76 bits per heavy atom. The number of carbonyl (C=O) groups is 1. The van der Waals surface area contributed by atoms with Crippen LogP contribution in [0.2, 0.25) is 0 Å². The summed E-state index contributed by atoms with van der Waals surface area (Å²) in [7, 11) is 0. The van der Waals surface area contributed by atoms with Crippen LogP contribution in [0.1, 0.15) is 62.5 Å².